The first-order valence-electron chi connectivity index (χ1n) is 7.95. The second-order valence-electron chi connectivity index (χ2n) is 5.55. The van der Waals surface area contributed by atoms with Crippen molar-refractivity contribution in [2.24, 2.45) is 0 Å². The molecular weight excluding hydrogens is 380 g/mol. The van der Waals surface area contributed by atoms with Crippen LogP contribution in [0.4, 0.5) is 5.00 Å². The number of amides is 1. The number of esters is 1. The van der Waals surface area contributed by atoms with Gasteiger partial charge in [-0.1, -0.05) is 11.6 Å². The van der Waals surface area contributed by atoms with Gasteiger partial charge in [-0.2, -0.15) is 0 Å². The maximum absolute atomic E-state index is 12.4. The van der Waals surface area contributed by atoms with Crippen LogP contribution >= 0.6 is 22.9 Å². The average molecular weight is 397 g/mol. The van der Waals surface area contributed by atoms with E-state index < -0.39 is 11.9 Å². The van der Waals surface area contributed by atoms with E-state index >= 15 is 0 Å². The molecule has 0 saturated carbocycles. The van der Waals surface area contributed by atoms with Gasteiger partial charge in [0.25, 0.3) is 5.91 Å². The van der Waals surface area contributed by atoms with Crippen molar-refractivity contribution in [2.45, 2.75) is 18.9 Å². The Hall–Kier alpha value is -2.16. The van der Waals surface area contributed by atoms with Gasteiger partial charge in [0.15, 0.2) is 0 Å². The molecule has 1 amide bonds. The molecule has 0 spiro atoms. The van der Waals surface area contributed by atoms with Crippen molar-refractivity contribution >= 4 is 39.8 Å². The van der Waals surface area contributed by atoms with Crippen LogP contribution < -0.4 is 10.1 Å². The molecule has 1 aliphatic rings. The number of nitrogens with zero attached hydrogens (tertiary/aromatic N) is 1. The van der Waals surface area contributed by atoms with Crippen LogP contribution in [0.25, 0.3) is 0 Å². The number of halogens is 1. The van der Waals surface area contributed by atoms with Gasteiger partial charge in [-0.15, -0.1) is 11.3 Å². The van der Waals surface area contributed by atoms with Crippen molar-refractivity contribution in [3.63, 3.8) is 0 Å². The molecule has 0 bridgehead atoms. The van der Waals surface area contributed by atoms with Gasteiger partial charge in [0.1, 0.15) is 16.1 Å². The molecule has 1 aliphatic heterocycles. The average Bonchev–Trinajstić information content (AvgIpc) is 3.11. The van der Waals surface area contributed by atoms with Crippen LogP contribution in [-0.2, 0) is 9.47 Å². The van der Waals surface area contributed by atoms with Gasteiger partial charge >= 0.3 is 5.97 Å². The third kappa shape index (κ3) is 4.32. The fourth-order valence-electron chi connectivity index (χ4n) is 2.44. The normalized spacial score (nSPS) is 14.7. The summed E-state index contributed by atoms with van der Waals surface area (Å²) in [4.78, 5) is 28.2. The molecule has 0 radical (unpaired) electrons. The smallest absolute Gasteiger partial charge is 0.340 e. The molecular formula is C17H17ClN2O5S. The molecule has 138 valence electrons. The molecule has 0 unspecified atom stereocenters. The molecule has 2 aromatic rings. The first kappa shape index (κ1) is 18.6. The van der Waals surface area contributed by atoms with Crippen LogP contribution in [-0.4, -0.2) is 43.3 Å². The number of thiophene rings is 1. The number of nitrogens with one attached hydrogen (secondary N) is 1. The summed E-state index contributed by atoms with van der Waals surface area (Å²) in [7, 11) is 1.28. The zero-order chi connectivity index (χ0) is 18.5. The fourth-order valence-corrected chi connectivity index (χ4v) is 3.42. The number of hydrogen-bond donors (Lipinski definition) is 1. The third-order valence-electron chi connectivity index (χ3n) is 3.81. The number of rotatable bonds is 5. The zero-order valence-corrected chi connectivity index (χ0v) is 15.6. The lowest BCUT2D eigenvalue weighted by Crippen LogP contribution is -2.26. The number of hydrogen-bond acceptors (Lipinski definition) is 7. The summed E-state index contributed by atoms with van der Waals surface area (Å²) in [5, 5.41) is 5.02. The largest absolute Gasteiger partial charge is 0.473 e. The SMILES string of the molecule is COC(=O)c1ccsc1NC(=O)c1cnc(OC2CCOCC2)c(Cl)c1. The third-order valence-corrected chi connectivity index (χ3v) is 4.91. The summed E-state index contributed by atoms with van der Waals surface area (Å²) in [5.74, 6) is -0.649. The molecule has 0 aliphatic carbocycles. The van der Waals surface area contributed by atoms with E-state index in [-0.39, 0.29) is 16.7 Å². The fraction of sp³-hybridized carbons (Fsp3) is 0.353. The van der Waals surface area contributed by atoms with Crippen LogP contribution in [0.5, 0.6) is 5.88 Å². The van der Waals surface area contributed by atoms with E-state index in [2.05, 4.69) is 15.0 Å². The van der Waals surface area contributed by atoms with Crippen LogP contribution in [0.1, 0.15) is 33.6 Å². The van der Waals surface area contributed by atoms with E-state index in [4.69, 9.17) is 21.1 Å². The second-order valence-corrected chi connectivity index (χ2v) is 6.87. The molecule has 0 aromatic carbocycles. The van der Waals surface area contributed by atoms with Crippen molar-refractivity contribution in [2.75, 3.05) is 25.6 Å². The molecule has 0 atom stereocenters. The van der Waals surface area contributed by atoms with Crippen LogP contribution in [0.3, 0.4) is 0 Å². The van der Waals surface area contributed by atoms with Gasteiger partial charge in [0.2, 0.25) is 5.88 Å². The molecule has 1 saturated heterocycles. The Labute approximate surface area is 159 Å². The lowest BCUT2D eigenvalue weighted by molar-refractivity contribution is 0.0238. The van der Waals surface area contributed by atoms with E-state index in [1.807, 2.05) is 0 Å². The van der Waals surface area contributed by atoms with E-state index in [1.165, 1.54) is 30.7 Å². The second kappa shape index (κ2) is 8.48. The lowest BCUT2D eigenvalue weighted by Gasteiger charge is -2.23. The number of ether oxygens (including phenoxy) is 3. The van der Waals surface area contributed by atoms with Crippen molar-refractivity contribution in [1.29, 1.82) is 0 Å². The van der Waals surface area contributed by atoms with Crippen molar-refractivity contribution in [1.82, 2.24) is 4.98 Å². The quantitative estimate of drug-likeness (QED) is 0.779. The van der Waals surface area contributed by atoms with Gasteiger partial charge in [-0.3, -0.25) is 4.79 Å². The molecule has 3 rings (SSSR count). The Morgan fingerprint density at radius 3 is 2.85 bits per heavy atom. The molecule has 2 aromatic heterocycles. The Morgan fingerprint density at radius 2 is 2.15 bits per heavy atom. The highest BCUT2D eigenvalue weighted by Crippen LogP contribution is 2.27. The highest BCUT2D eigenvalue weighted by Gasteiger charge is 2.20. The molecule has 7 nitrogen and oxygen atoms in total. The van der Waals surface area contributed by atoms with Gasteiger partial charge in [-0.05, 0) is 17.5 Å². The molecule has 9 heteroatoms. The van der Waals surface area contributed by atoms with Gasteiger partial charge < -0.3 is 19.5 Å². The Bertz CT molecular complexity index is 804. The summed E-state index contributed by atoms with van der Waals surface area (Å²) in [5.41, 5.74) is 0.558. The first-order valence-corrected chi connectivity index (χ1v) is 9.21. The van der Waals surface area contributed by atoms with Gasteiger partial charge in [0.05, 0.1) is 31.5 Å². The minimum Gasteiger partial charge on any atom is -0.473 e. The number of anilines is 1. The van der Waals surface area contributed by atoms with E-state index in [0.717, 1.165) is 12.8 Å². The highest BCUT2D eigenvalue weighted by atomic mass is 35.5. The van der Waals surface area contributed by atoms with Crippen LogP contribution in [0.2, 0.25) is 5.02 Å². The predicted octanol–water partition coefficient (Wildman–Crippen LogP) is 3.39. The summed E-state index contributed by atoms with van der Waals surface area (Å²) >= 11 is 7.43. The minimum absolute atomic E-state index is 0.00200. The predicted molar refractivity (Wildman–Crippen MR) is 97.3 cm³/mol. The summed E-state index contributed by atoms with van der Waals surface area (Å²) in [6, 6.07) is 3.08. The Morgan fingerprint density at radius 1 is 1.38 bits per heavy atom. The van der Waals surface area contributed by atoms with Crippen molar-refractivity contribution < 1.29 is 23.8 Å². The maximum Gasteiger partial charge on any atom is 0.340 e. The summed E-state index contributed by atoms with van der Waals surface area (Å²) < 4.78 is 15.7. The monoisotopic (exact) mass is 396 g/mol. The topological polar surface area (TPSA) is 86.8 Å². The van der Waals surface area contributed by atoms with E-state index in [9.17, 15) is 9.59 Å². The van der Waals surface area contributed by atoms with Crippen LogP contribution in [0.15, 0.2) is 23.7 Å². The van der Waals surface area contributed by atoms with Crippen molar-refractivity contribution in [3.05, 3.63) is 39.9 Å². The first-order chi connectivity index (χ1) is 12.6. The number of carbonyl (C=O) groups excluding carboxylic acids is 2. The number of aromatic nitrogens is 1. The van der Waals surface area contributed by atoms with Gasteiger partial charge in [-0.25, -0.2) is 9.78 Å². The summed E-state index contributed by atoms with van der Waals surface area (Å²) in [6.07, 6.45) is 2.94. The number of methoxy groups -OCH3 is 1. The van der Waals surface area contributed by atoms with E-state index in [1.54, 1.807) is 11.4 Å². The number of carbonyl (C=O) groups is 2. The standard InChI is InChI=1S/C17H17ClN2O5S/c1-23-17(22)12-4-7-26-16(12)20-14(21)10-8-13(18)15(19-9-10)25-11-2-5-24-6-3-11/h4,7-9,11H,2-3,5-6H2,1H3,(H,20,21). The van der Waals surface area contributed by atoms with Crippen molar-refractivity contribution in [3.8, 4) is 5.88 Å². The maximum atomic E-state index is 12.4. The highest BCUT2D eigenvalue weighted by molar-refractivity contribution is 7.14. The Balaban J connectivity index is 1.69. The molecule has 1 N–H and O–H groups in total. The van der Waals surface area contributed by atoms with Gasteiger partial charge in [0, 0.05) is 19.0 Å². The Kier molecular flexibility index (Phi) is 6.08. The molecule has 26 heavy (non-hydrogen) atoms. The molecule has 1 fully saturated rings. The van der Waals surface area contributed by atoms with Crippen LogP contribution in [0, 0.1) is 0 Å². The lowest BCUT2D eigenvalue weighted by atomic mass is 10.1. The summed E-state index contributed by atoms with van der Waals surface area (Å²) in [6.45, 7) is 1.29. The molecule has 3 heterocycles. The number of pyridine rings is 1. The zero-order valence-electron chi connectivity index (χ0n) is 14.0. The van der Waals surface area contributed by atoms with E-state index in [0.29, 0.717) is 29.7 Å². The minimum atomic E-state index is -0.516.